The molecule has 0 radical (unpaired) electrons. The molecule has 1 saturated heterocycles. The zero-order chi connectivity index (χ0) is 23.6. The number of amides is 1. The minimum Gasteiger partial charge on any atom is -0.337 e. The highest BCUT2D eigenvalue weighted by Crippen LogP contribution is 2.27. The number of halogens is 2. The van der Waals surface area contributed by atoms with Crippen LogP contribution >= 0.6 is 11.6 Å². The Kier molecular flexibility index (Phi) is 6.78. The summed E-state index contributed by atoms with van der Waals surface area (Å²) in [7, 11) is -2.08. The number of rotatable bonds is 6. The molecule has 4 rings (SSSR count). The molecule has 0 saturated carbocycles. The largest absolute Gasteiger partial charge is 0.337 e. The summed E-state index contributed by atoms with van der Waals surface area (Å²) >= 11 is 6.17. The van der Waals surface area contributed by atoms with Gasteiger partial charge in [-0.15, -0.1) is 0 Å². The first kappa shape index (κ1) is 23.3. The number of hydrogen-bond acceptors (Lipinski definition) is 6. The number of aromatic nitrogens is 2. The minimum atomic E-state index is -3.73. The highest BCUT2D eigenvalue weighted by Gasteiger charge is 2.33. The van der Waals surface area contributed by atoms with E-state index >= 15 is 0 Å². The Hall–Kier alpha value is -2.82. The Labute approximate surface area is 196 Å². The molecule has 0 atom stereocenters. The quantitative estimate of drug-likeness (QED) is 0.521. The molecule has 1 fully saturated rings. The Bertz CT molecular complexity index is 1240. The van der Waals surface area contributed by atoms with Crippen LogP contribution in [0.15, 0.2) is 57.9 Å². The van der Waals surface area contributed by atoms with Crippen molar-refractivity contribution in [3.05, 3.63) is 65.3 Å². The number of benzene rings is 2. The maximum absolute atomic E-state index is 13.1. The van der Waals surface area contributed by atoms with Crippen LogP contribution < -0.4 is 0 Å². The lowest BCUT2D eigenvalue weighted by Crippen LogP contribution is -2.43. The van der Waals surface area contributed by atoms with Gasteiger partial charge in [0.2, 0.25) is 27.6 Å². The first-order valence-electron chi connectivity index (χ1n) is 10.3. The first-order valence-corrected chi connectivity index (χ1v) is 12.2. The molecule has 2 aromatic carbocycles. The Morgan fingerprint density at radius 2 is 1.85 bits per heavy atom. The highest BCUT2D eigenvalue weighted by molar-refractivity contribution is 7.89. The molecule has 8 nitrogen and oxygen atoms in total. The molecular weight excluding hydrogens is 471 g/mol. The van der Waals surface area contributed by atoms with Crippen LogP contribution in [0.3, 0.4) is 0 Å². The molecule has 1 aliphatic heterocycles. The van der Waals surface area contributed by atoms with Gasteiger partial charge in [-0.3, -0.25) is 4.79 Å². The molecular formula is C22H22ClFN4O4S. The summed E-state index contributed by atoms with van der Waals surface area (Å²) in [6.45, 7) is 0.548. The van der Waals surface area contributed by atoms with E-state index < -0.39 is 15.8 Å². The topological polar surface area (TPSA) is 96.6 Å². The van der Waals surface area contributed by atoms with Gasteiger partial charge in [-0.05, 0) is 49.2 Å². The van der Waals surface area contributed by atoms with Crippen LogP contribution in [0.25, 0.3) is 11.4 Å². The predicted molar refractivity (Wildman–Crippen MR) is 119 cm³/mol. The standard InChI is InChI=1S/C22H22ClFN4O4S/c1-27(14-20-25-21(26-32-20)18-4-2-3-5-19(18)23)22(29)15-10-12-28(13-11-15)33(30,31)17-8-6-16(24)7-9-17/h2-9,15H,10-14H2,1H3. The van der Waals surface area contributed by atoms with E-state index in [1.807, 2.05) is 6.07 Å². The average molecular weight is 493 g/mol. The summed E-state index contributed by atoms with van der Waals surface area (Å²) in [5.41, 5.74) is 0.637. The van der Waals surface area contributed by atoms with Crippen LogP contribution in [0.1, 0.15) is 18.7 Å². The number of carbonyl (C=O) groups is 1. The summed E-state index contributed by atoms with van der Waals surface area (Å²) in [4.78, 5) is 18.8. The number of hydrogen-bond donors (Lipinski definition) is 0. The lowest BCUT2D eigenvalue weighted by Gasteiger charge is -2.32. The van der Waals surface area contributed by atoms with Gasteiger partial charge in [0.05, 0.1) is 16.5 Å². The van der Waals surface area contributed by atoms with Gasteiger partial charge in [0.25, 0.3) is 0 Å². The summed E-state index contributed by atoms with van der Waals surface area (Å²) in [5, 5.41) is 4.43. The van der Waals surface area contributed by atoms with Crippen molar-refractivity contribution in [2.75, 3.05) is 20.1 Å². The number of carbonyl (C=O) groups excluding carboxylic acids is 1. The molecule has 0 aliphatic carbocycles. The summed E-state index contributed by atoms with van der Waals surface area (Å²) in [6, 6.07) is 11.9. The fraction of sp³-hybridized carbons (Fsp3) is 0.318. The molecule has 0 bridgehead atoms. The van der Waals surface area contributed by atoms with E-state index in [0.717, 1.165) is 12.1 Å². The second kappa shape index (κ2) is 9.58. The van der Waals surface area contributed by atoms with E-state index in [2.05, 4.69) is 10.1 Å². The summed E-state index contributed by atoms with van der Waals surface area (Å²) in [5.74, 6) is -0.318. The monoisotopic (exact) mass is 492 g/mol. The molecule has 1 aliphatic rings. The highest BCUT2D eigenvalue weighted by atomic mass is 35.5. The van der Waals surface area contributed by atoms with Gasteiger partial charge >= 0.3 is 0 Å². The average Bonchev–Trinajstić information content (AvgIpc) is 3.27. The molecule has 1 aromatic heterocycles. The lowest BCUT2D eigenvalue weighted by molar-refractivity contribution is -0.136. The fourth-order valence-corrected chi connectivity index (χ4v) is 5.45. The molecule has 0 unspecified atom stereocenters. The molecule has 0 spiro atoms. The van der Waals surface area contributed by atoms with Crippen molar-refractivity contribution >= 4 is 27.5 Å². The first-order chi connectivity index (χ1) is 15.8. The van der Waals surface area contributed by atoms with E-state index in [1.54, 1.807) is 25.2 Å². The number of nitrogens with zero attached hydrogens (tertiary/aromatic N) is 4. The van der Waals surface area contributed by atoms with Gasteiger partial charge in [-0.25, -0.2) is 12.8 Å². The van der Waals surface area contributed by atoms with Gasteiger partial charge in [0.15, 0.2) is 0 Å². The lowest BCUT2D eigenvalue weighted by atomic mass is 9.97. The Morgan fingerprint density at radius 1 is 1.18 bits per heavy atom. The van der Waals surface area contributed by atoms with Crippen LogP contribution in [0.4, 0.5) is 4.39 Å². The van der Waals surface area contributed by atoms with Crippen LogP contribution in [-0.2, 0) is 21.4 Å². The third kappa shape index (κ3) is 5.07. The van der Waals surface area contributed by atoms with Gasteiger partial charge in [-0.2, -0.15) is 9.29 Å². The predicted octanol–water partition coefficient (Wildman–Crippen LogP) is 3.59. The summed E-state index contributed by atoms with van der Waals surface area (Å²) < 4.78 is 45.3. The number of sulfonamides is 1. The molecule has 11 heteroatoms. The van der Waals surface area contributed by atoms with E-state index in [1.165, 1.54) is 21.3 Å². The van der Waals surface area contributed by atoms with Crippen LogP contribution in [0, 0.1) is 11.7 Å². The molecule has 1 amide bonds. The van der Waals surface area contributed by atoms with E-state index in [0.29, 0.717) is 29.3 Å². The maximum atomic E-state index is 13.1. The van der Waals surface area contributed by atoms with Crippen molar-refractivity contribution in [3.63, 3.8) is 0 Å². The van der Waals surface area contributed by atoms with Crippen molar-refractivity contribution in [2.24, 2.45) is 5.92 Å². The molecule has 3 aromatic rings. The third-order valence-electron chi connectivity index (χ3n) is 5.59. The summed E-state index contributed by atoms with van der Waals surface area (Å²) in [6.07, 6.45) is 0.774. The third-order valence-corrected chi connectivity index (χ3v) is 7.83. The van der Waals surface area contributed by atoms with Crippen molar-refractivity contribution in [2.45, 2.75) is 24.3 Å². The maximum Gasteiger partial charge on any atom is 0.246 e. The Balaban J connectivity index is 1.35. The van der Waals surface area contributed by atoms with E-state index in [9.17, 15) is 17.6 Å². The van der Waals surface area contributed by atoms with Crippen LogP contribution in [0.2, 0.25) is 5.02 Å². The Morgan fingerprint density at radius 3 is 2.52 bits per heavy atom. The van der Waals surface area contributed by atoms with Crippen molar-refractivity contribution < 1.29 is 22.1 Å². The number of piperidine rings is 1. The minimum absolute atomic E-state index is 0.0384. The SMILES string of the molecule is CN(Cc1nc(-c2ccccc2Cl)no1)C(=O)C1CCN(S(=O)(=O)c2ccc(F)cc2)CC1. The smallest absolute Gasteiger partial charge is 0.246 e. The molecule has 174 valence electrons. The van der Waals surface area contributed by atoms with Crippen molar-refractivity contribution in [3.8, 4) is 11.4 Å². The normalized spacial score (nSPS) is 15.5. The molecule has 0 N–H and O–H groups in total. The zero-order valence-electron chi connectivity index (χ0n) is 17.8. The van der Waals surface area contributed by atoms with E-state index in [-0.39, 0.29) is 42.2 Å². The van der Waals surface area contributed by atoms with Gasteiger partial charge < -0.3 is 9.42 Å². The van der Waals surface area contributed by atoms with Crippen LogP contribution in [-0.4, -0.2) is 53.8 Å². The van der Waals surface area contributed by atoms with Gasteiger partial charge in [0, 0.05) is 31.6 Å². The van der Waals surface area contributed by atoms with Crippen LogP contribution in [0.5, 0.6) is 0 Å². The van der Waals surface area contributed by atoms with E-state index in [4.69, 9.17) is 16.1 Å². The zero-order valence-corrected chi connectivity index (χ0v) is 19.4. The molecule has 33 heavy (non-hydrogen) atoms. The van der Waals surface area contributed by atoms with Gasteiger partial charge in [-0.1, -0.05) is 28.9 Å². The van der Waals surface area contributed by atoms with Crippen molar-refractivity contribution in [1.29, 1.82) is 0 Å². The van der Waals surface area contributed by atoms with Gasteiger partial charge in [0.1, 0.15) is 5.82 Å². The molecule has 2 heterocycles. The second-order valence-corrected chi connectivity index (χ2v) is 10.2. The fourth-order valence-electron chi connectivity index (χ4n) is 3.76. The van der Waals surface area contributed by atoms with Crippen molar-refractivity contribution in [1.82, 2.24) is 19.3 Å². The second-order valence-electron chi connectivity index (χ2n) is 7.82.